The molecule has 1 saturated heterocycles. The molecule has 1 N–H and O–H groups in total. The van der Waals surface area contributed by atoms with Gasteiger partial charge < -0.3 is 5.32 Å². The fourth-order valence-electron chi connectivity index (χ4n) is 6.76. The fourth-order valence-corrected chi connectivity index (χ4v) is 8.12. The number of aliphatic imine (C=N–C) groups is 1. The number of imide groups is 1. The highest BCUT2D eigenvalue weighted by Gasteiger charge is 2.44. The molecule has 258 valence electrons. The van der Waals surface area contributed by atoms with Crippen LogP contribution in [-0.4, -0.2) is 65.5 Å². The minimum atomic E-state index is -0.787. The second kappa shape index (κ2) is 13.7. The lowest BCUT2D eigenvalue weighted by Gasteiger charge is -2.28. The molecule has 0 saturated carbocycles. The maximum Gasteiger partial charge on any atom is 0.263 e. The number of benzene rings is 2. The van der Waals surface area contributed by atoms with Crippen molar-refractivity contribution in [2.75, 3.05) is 6.54 Å². The number of aromatic nitrogens is 5. The van der Waals surface area contributed by atoms with Gasteiger partial charge in [-0.2, -0.15) is 5.10 Å². The Kier molecular flexibility index (Phi) is 8.79. The monoisotopic (exact) mass is 726 g/mol. The van der Waals surface area contributed by atoms with Gasteiger partial charge in [0.2, 0.25) is 5.91 Å². The third kappa shape index (κ3) is 6.00. The van der Waals surface area contributed by atoms with Crippen molar-refractivity contribution in [3.05, 3.63) is 115 Å². The third-order valence-electron chi connectivity index (χ3n) is 9.34. The van der Waals surface area contributed by atoms with Crippen molar-refractivity contribution in [1.82, 2.24) is 34.8 Å². The predicted molar refractivity (Wildman–Crippen MR) is 197 cm³/mol. The van der Waals surface area contributed by atoms with Gasteiger partial charge in [0.1, 0.15) is 23.4 Å². The highest BCUT2D eigenvalue weighted by atomic mass is 35.5. The number of fused-ring (bicyclic) bond motifs is 4. The van der Waals surface area contributed by atoms with Crippen molar-refractivity contribution in [2.45, 2.75) is 58.7 Å². The SMILES string of the molecule is Cc1c(C#Cc2cnn(CCCC#Cc3cccc4c3C(=O)N(C3CCCNC3=O)C4=O)c2)sc2c1C(c1ccc(Cl)cc1)=NCc1nnc(C)n1-2. The van der Waals surface area contributed by atoms with E-state index >= 15 is 0 Å². The van der Waals surface area contributed by atoms with Crippen LogP contribution in [0.15, 0.2) is 59.9 Å². The first-order valence-electron chi connectivity index (χ1n) is 17.0. The molecule has 5 aromatic rings. The van der Waals surface area contributed by atoms with Crippen molar-refractivity contribution in [3.8, 4) is 28.7 Å². The number of hydrogen-bond donors (Lipinski definition) is 1. The normalized spacial score (nSPS) is 16.1. The van der Waals surface area contributed by atoms with E-state index in [9.17, 15) is 14.4 Å². The van der Waals surface area contributed by atoms with Crippen molar-refractivity contribution in [3.63, 3.8) is 0 Å². The topological polar surface area (TPSA) is 127 Å². The van der Waals surface area contributed by atoms with E-state index in [4.69, 9.17) is 16.6 Å². The van der Waals surface area contributed by atoms with Crippen LogP contribution in [0, 0.1) is 37.5 Å². The number of carbonyl (C=O) groups is 3. The molecule has 1 unspecified atom stereocenters. The number of nitrogens with zero attached hydrogens (tertiary/aromatic N) is 7. The first-order valence-corrected chi connectivity index (χ1v) is 18.2. The predicted octanol–water partition coefficient (Wildman–Crippen LogP) is 5.25. The molecule has 3 aromatic heterocycles. The Morgan fingerprint density at radius 1 is 1.00 bits per heavy atom. The molecule has 0 aliphatic carbocycles. The zero-order valence-electron chi connectivity index (χ0n) is 28.4. The lowest BCUT2D eigenvalue weighted by molar-refractivity contribution is -0.126. The number of carbonyl (C=O) groups excluding carboxylic acids is 3. The maximum atomic E-state index is 13.3. The quantitative estimate of drug-likeness (QED) is 0.150. The Bertz CT molecular complexity index is 2450. The average molecular weight is 727 g/mol. The van der Waals surface area contributed by atoms with Gasteiger partial charge in [0.05, 0.1) is 33.5 Å². The average Bonchev–Trinajstić information content (AvgIpc) is 3.87. The van der Waals surface area contributed by atoms with E-state index in [-0.39, 0.29) is 11.5 Å². The zero-order chi connectivity index (χ0) is 35.9. The number of hydrogen-bond acceptors (Lipinski definition) is 8. The first kappa shape index (κ1) is 33.3. The molecule has 52 heavy (non-hydrogen) atoms. The second-order valence-electron chi connectivity index (χ2n) is 12.7. The number of piperidine rings is 1. The molecular weight excluding hydrogens is 696 g/mol. The summed E-state index contributed by atoms with van der Waals surface area (Å²) >= 11 is 7.79. The molecule has 0 bridgehead atoms. The van der Waals surface area contributed by atoms with Crippen LogP contribution in [0.4, 0.5) is 0 Å². The molecule has 6 heterocycles. The summed E-state index contributed by atoms with van der Waals surface area (Å²) in [5, 5.41) is 17.6. The molecule has 2 aromatic carbocycles. The van der Waals surface area contributed by atoms with Gasteiger partial charge in [0.15, 0.2) is 5.82 Å². The number of unbranched alkanes of at least 4 members (excludes halogenated alkanes) is 1. The largest absolute Gasteiger partial charge is 0.354 e. The summed E-state index contributed by atoms with van der Waals surface area (Å²) in [6, 6.07) is 12.0. The van der Waals surface area contributed by atoms with Crippen molar-refractivity contribution in [1.29, 1.82) is 0 Å². The van der Waals surface area contributed by atoms with Gasteiger partial charge in [-0.3, -0.25) is 33.5 Å². The van der Waals surface area contributed by atoms with E-state index in [2.05, 4.69) is 55.8 Å². The molecule has 8 rings (SSSR count). The number of rotatable bonds is 5. The molecule has 11 nitrogen and oxygen atoms in total. The van der Waals surface area contributed by atoms with E-state index in [1.807, 2.05) is 42.1 Å². The number of amides is 3. The molecule has 3 amide bonds. The molecule has 1 atom stereocenters. The minimum absolute atomic E-state index is 0.275. The van der Waals surface area contributed by atoms with Crippen LogP contribution < -0.4 is 5.32 Å². The highest BCUT2D eigenvalue weighted by molar-refractivity contribution is 7.15. The van der Waals surface area contributed by atoms with Gasteiger partial charge in [-0.15, -0.1) is 21.5 Å². The van der Waals surface area contributed by atoms with Gasteiger partial charge in [0.25, 0.3) is 11.8 Å². The molecule has 1 fully saturated rings. The van der Waals surface area contributed by atoms with Crippen molar-refractivity contribution >= 4 is 46.4 Å². The Morgan fingerprint density at radius 2 is 1.85 bits per heavy atom. The Hall–Kier alpha value is -5.82. The first-order chi connectivity index (χ1) is 25.3. The van der Waals surface area contributed by atoms with Crippen LogP contribution in [-0.2, 0) is 17.9 Å². The third-order valence-corrected chi connectivity index (χ3v) is 10.8. The summed E-state index contributed by atoms with van der Waals surface area (Å²) in [6.07, 6.45) is 6.13. The molecule has 0 spiro atoms. The molecule has 3 aliphatic heterocycles. The van der Waals surface area contributed by atoms with Crippen LogP contribution in [0.5, 0.6) is 0 Å². The van der Waals surface area contributed by atoms with Gasteiger partial charge in [0, 0.05) is 47.4 Å². The van der Waals surface area contributed by atoms with Gasteiger partial charge in [-0.25, -0.2) is 0 Å². The Morgan fingerprint density at radius 3 is 2.67 bits per heavy atom. The van der Waals surface area contributed by atoms with Gasteiger partial charge in [-0.1, -0.05) is 53.5 Å². The van der Waals surface area contributed by atoms with Crippen molar-refractivity contribution in [2.24, 2.45) is 4.99 Å². The second-order valence-corrected chi connectivity index (χ2v) is 14.1. The summed E-state index contributed by atoms with van der Waals surface area (Å²) in [5.74, 6) is 13.3. The van der Waals surface area contributed by atoms with Crippen LogP contribution in [0.3, 0.4) is 0 Å². The highest BCUT2D eigenvalue weighted by Crippen LogP contribution is 2.36. The summed E-state index contributed by atoms with van der Waals surface area (Å²) < 4.78 is 3.91. The van der Waals surface area contributed by atoms with E-state index in [1.165, 1.54) is 0 Å². The maximum absolute atomic E-state index is 13.3. The fraction of sp³-hybridized carbons (Fsp3) is 0.256. The molecular formula is C39H31ClN8O3S. The number of halogens is 1. The van der Waals surface area contributed by atoms with Crippen LogP contribution in [0.25, 0.3) is 5.00 Å². The minimum Gasteiger partial charge on any atom is -0.354 e. The van der Waals surface area contributed by atoms with Crippen LogP contribution in [0.1, 0.15) is 90.7 Å². The summed E-state index contributed by atoms with van der Waals surface area (Å²) in [5.41, 5.74) is 5.76. The van der Waals surface area contributed by atoms with E-state index < -0.39 is 17.9 Å². The number of aryl methyl sites for hydroxylation is 2. The van der Waals surface area contributed by atoms with E-state index in [0.717, 1.165) is 60.8 Å². The number of thiophene rings is 1. The molecule has 3 aliphatic rings. The Labute approximate surface area is 308 Å². The zero-order valence-corrected chi connectivity index (χ0v) is 29.9. The van der Waals surface area contributed by atoms with Gasteiger partial charge in [-0.05, 0) is 62.9 Å². The lowest BCUT2D eigenvalue weighted by Crippen LogP contribution is -2.52. The van der Waals surface area contributed by atoms with Crippen molar-refractivity contribution < 1.29 is 14.4 Å². The van der Waals surface area contributed by atoms with Crippen LogP contribution in [0.2, 0.25) is 5.02 Å². The summed E-state index contributed by atoms with van der Waals surface area (Å²) in [4.78, 5) is 45.8. The van der Waals surface area contributed by atoms with E-state index in [1.54, 1.807) is 35.7 Å². The van der Waals surface area contributed by atoms with Crippen LogP contribution >= 0.6 is 22.9 Å². The lowest BCUT2D eigenvalue weighted by atomic mass is 10.00. The smallest absolute Gasteiger partial charge is 0.263 e. The molecule has 0 radical (unpaired) electrons. The standard InChI is InChI=1S/C39H31ClN8O3S/c1-23-31(52-39-33(23)35(27-13-15-28(40)16-14-27)42-21-32-45-44-24(2)47(32)39)17-12-25-20-43-46(22-25)19-5-3-4-8-26-9-6-10-29-34(26)38(51)48(37(29)50)30-11-7-18-41-36(30)49/h6,9-10,13-16,20,22,30H,3,5,7,11,18-19,21H2,1-2H3,(H,41,49). The van der Waals surface area contributed by atoms with E-state index in [0.29, 0.717) is 55.0 Å². The van der Waals surface area contributed by atoms with Gasteiger partial charge >= 0.3 is 0 Å². The Balaban J connectivity index is 0.956. The molecule has 13 heteroatoms. The summed E-state index contributed by atoms with van der Waals surface area (Å²) in [7, 11) is 0. The summed E-state index contributed by atoms with van der Waals surface area (Å²) in [6.45, 7) is 5.61. The number of nitrogens with one attached hydrogen (secondary N) is 1.